The minimum Gasteiger partial charge on any atom is -0.375 e. The van der Waals surface area contributed by atoms with Crippen molar-refractivity contribution in [3.05, 3.63) is 88.7 Å². The van der Waals surface area contributed by atoms with Crippen molar-refractivity contribution in [3.63, 3.8) is 0 Å². The van der Waals surface area contributed by atoms with Gasteiger partial charge >= 0.3 is 0 Å². The normalized spacial score (nSPS) is 13.4. The number of benzene rings is 3. The molecule has 0 unspecified atom stereocenters. The lowest BCUT2D eigenvalue weighted by atomic mass is 9.86. The quantitative estimate of drug-likeness (QED) is 0.504. The number of carbonyl (C=O) groups excluding carboxylic acids is 1. The van der Waals surface area contributed by atoms with Gasteiger partial charge in [0.2, 0.25) is 5.91 Å². The Morgan fingerprint density at radius 2 is 1.64 bits per heavy atom. The number of nitrogens with zero attached hydrogens (tertiary/aromatic N) is 2. The fourth-order valence-electron chi connectivity index (χ4n) is 4.26. The summed E-state index contributed by atoms with van der Waals surface area (Å²) < 4.78 is 42.6. The lowest BCUT2D eigenvalue weighted by Gasteiger charge is -2.19. The third-order valence-electron chi connectivity index (χ3n) is 6.42. The highest BCUT2D eigenvalue weighted by Gasteiger charge is 2.26. The third kappa shape index (κ3) is 5.54. The Kier molecular flexibility index (Phi) is 6.84. The molecule has 1 N–H and O–H groups in total. The standard InChI is InChI=1S/C28H32FN3O3S/c1-28(2,3)22-9-6-19(7-10-22)14-27(33)32-17-20-8-12-24(15-21(20)18-32)36(34,35)30-23-11-13-25(29)26(16-23)31(4)5/h6-13,15-16,30H,14,17-18H2,1-5H3. The van der Waals surface area contributed by atoms with Gasteiger partial charge in [-0.3, -0.25) is 9.52 Å². The van der Waals surface area contributed by atoms with Crippen molar-refractivity contribution >= 4 is 27.3 Å². The molecular formula is C28H32FN3O3S. The Balaban J connectivity index is 1.45. The molecular weight excluding hydrogens is 477 g/mol. The van der Waals surface area contributed by atoms with E-state index in [2.05, 4.69) is 37.6 Å². The van der Waals surface area contributed by atoms with Crippen LogP contribution in [0.1, 0.15) is 43.0 Å². The van der Waals surface area contributed by atoms with Crippen molar-refractivity contribution < 1.29 is 17.6 Å². The molecule has 0 aliphatic carbocycles. The molecule has 0 fully saturated rings. The Morgan fingerprint density at radius 3 is 2.28 bits per heavy atom. The summed E-state index contributed by atoms with van der Waals surface area (Å²) >= 11 is 0. The second-order valence-electron chi connectivity index (χ2n) is 10.5. The first kappa shape index (κ1) is 25.7. The fourth-order valence-corrected chi connectivity index (χ4v) is 5.36. The minimum atomic E-state index is -3.89. The molecule has 8 heteroatoms. The van der Waals surface area contributed by atoms with E-state index in [0.717, 1.165) is 16.7 Å². The predicted molar refractivity (Wildman–Crippen MR) is 141 cm³/mol. The number of rotatable bonds is 6. The number of nitrogens with one attached hydrogen (secondary N) is 1. The molecule has 4 rings (SSSR count). The summed E-state index contributed by atoms with van der Waals surface area (Å²) in [5.74, 6) is -0.435. The summed E-state index contributed by atoms with van der Waals surface area (Å²) in [4.78, 5) is 16.4. The van der Waals surface area contributed by atoms with Gasteiger partial charge in [-0.15, -0.1) is 0 Å². The smallest absolute Gasteiger partial charge is 0.261 e. The summed E-state index contributed by atoms with van der Waals surface area (Å²) in [6, 6.07) is 17.1. The zero-order chi connectivity index (χ0) is 26.3. The van der Waals surface area contributed by atoms with Crippen molar-refractivity contribution in [1.82, 2.24) is 4.90 Å². The van der Waals surface area contributed by atoms with Gasteiger partial charge < -0.3 is 9.80 Å². The van der Waals surface area contributed by atoms with Crippen LogP contribution in [0.25, 0.3) is 0 Å². The van der Waals surface area contributed by atoms with Crippen LogP contribution >= 0.6 is 0 Å². The topological polar surface area (TPSA) is 69.7 Å². The minimum absolute atomic E-state index is 0.000215. The molecule has 0 spiro atoms. The first-order valence-electron chi connectivity index (χ1n) is 11.8. The van der Waals surface area contributed by atoms with Gasteiger partial charge in [-0.25, -0.2) is 12.8 Å². The molecule has 0 radical (unpaired) electrons. The number of sulfonamides is 1. The van der Waals surface area contributed by atoms with Crippen LogP contribution in [-0.2, 0) is 39.7 Å². The zero-order valence-corrected chi connectivity index (χ0v) is 22.1. The van der Waals surface area contributed by atoms with Gasteiger partial charge in [0.15, 0.2) is 0 Å². The number of fused-ring (bicyclic) bond motifs is 1. The fraction of sp³-hybridized carbons (Fsp3) is 0.321. The van der Waals surface area contributed by atoms with E-state index in [1.165, 1.54) is 29.8 Å². The Labute approximate surface area is 212 Å². The molecule has 1 aliphatic rings. The molecule has 36 heavy (non-hydrogen) atoms. The van der Waals surface area contributed by atoms with Crippen LogP contribution in [0.3, 0.4) is 0 Å². The Morgan fingerprint density at radius 1 is 0.972 bits per heavy atom. The third-order valence-corrected chi connectivity index (χ3v) is 7.80. The largest absolute Gasteiger partial charge is 0.375 e. The highest BCUT2D eigenvalue weighted by atomic mass is 32.2. The van der Waals surface area contributed by atoms with Crippen LogP contribution in [0.2, 0.25) is 0 Å². The Hall–Kier alpha value is -3.39. The molecule has 1 heterocycles. The van der Waals surface area contributed by atoms with Crippen molar-refractivity contribution in [2.24, 2.45) is 0 Å². The SMILES string of the molecule is CN(C)c1cc(NS(=O)(=O)c2ccc3c(c2)CN(C(=O)Cc2ccc(C(C)(C)C)cc2)C3)ccc1F. The summed E-state index contributed by atoms with van der Waals surface area (Å²) in [6.45, 7) is 7.27. The highest BCUT2D eigenvalue weighted by molar-refractivity contribution is 7.92. The van der Waals surface area contributed by atoms with E-state index in [-0.39, 0.29) is 27.6 Å². The summed E-state index contributed by atoms with van der Waals surface area (Å²) in [6.07, 6.45) is 0.296. The van der Waals surface area contributed by atoms with Crippen LogP contribution in [0.4, 0.5) is 15.8 Å². The first-order chi connectivity index (χ1) is 16.8. The van der Waals surface area contributed by atoms with Crippen LogP contribution in [-0.4, -0.2) is 33.3 Å². The molecule has 6 nitrogen and oxygen atoms in total. The molecule has 1 amide bonds. The molecule has 1 aliphatic heterocycles. The van der Waals surface area contributed by atoms with Gasteiger partial charge in [0.25, 0.3) is 10.0 Å². The second-order valence-corrected chi connectivity index (χ2v) is 12.2. The van der Waals surface area contributed by atoms with Crippen molar-refractivity contribution in [2.45, 2.75) is 50.6 Å². The van der Waals surface area contributed by atoms with Crippen LogP contribution in [0, 0.1) is 5.82 Å². The lowest BCUT2D eigenvalue weighted by Crippen LogP contribution is -2.26. The average Bonchev–Trinajstić information content (AvgIpc) is 3.23. The maximum Gasteiger partial charge on any atom is 0.261 e. The second kappa shape index (κ2) is 9.58. The average molecular weight is 510 g/mol. The number of hydrogen-bond donors (Lipinski definition) is 1. The van der Waals surface area contributed by atoms with Gasteiger partial charge in [-0.2, -0.15) is 0 Å². The van der Waals surface area contributed by atoms with E-state index < -0.39 is 15.8 Å². The molecule has 190 valence electrons. The van der Waals surface area contributed by atoms with Crippen LogP contribution in [0.5, 0.6) is 0 Å². The maximum atomic E-state index is 14.0. The lowest BCUT2D eigenvalue weighted by molar-refractivity contribution is -0.131. The van der Waals surface area contributed by atoms with Gasteiger partial charge in [-0.1, -0.05) is 51.1 Å². The van der Waals surface area contributed by atoms with E-state index in [0.29, 0.717) is 19.5 Å². The molecule has 0 bridgehead atoms. The van der Waals surface area contributed by atoms with Crippen molar-refractivity contribution in [1.29, 1.82) is 0 Å². The monoisotopic (exact) mass is 509 g/mol. The maximum absolute atomic E-state index is 14.0. The van der Waals surface area contributed by atoms with E-state index in [1.54, 1.807) is 36.0 Å². The number of hydrogen-bond acceptors (Lipinski definition) is 4. The number of amides is 1. The number of anilines is 2. The van der Waals surface area contributed by atoms with Crippen molar-refractivity contribution in [3.8, 4) is 0 Å². The predicted octanol–water partition coefficient (Wildman–Crippen LogP) is 5.07. The first-order valence-corrected chi connectivity index (χ1v) is 13.3. The van der Waals surface area contributed by atoms with Crippen LogP contribution in [0.15, 0.2) is 65.6 Å². The van der Waals surface area contributed by atoms with E-state index in [1.807, 2.05) is 12.1 Å². The summed E-state index contributed by atoms with van der Waals surface area (Å²) in [5, 5.41) is 0. The van der Waals surface area contributed by atoms with Gasteiger partial charge in [0, 0.05) is 27.2 Å². The molecule has 3 aromatic carbocycles. The molecule has 0 aromatic heterocycles. The zero-order valence-electron chi connectivity index (χ0n) is 21.3. The molecule has 0 saturated carbocycles. The molecule has 3 aromatic rings. The highest BCUT2D eigenvalue weighted by Crippen LogP contribution is 2.29. The van der Waals surface area contributed by atoms with E-state index >= 15 is 0 Å². The summed E-state index contributed by atoms with van der Waals surface area (Å²) in [5.41, 5.74) is 4.52. The van der Waals surface area contributed by atoms with Crippen LogP contribution < -0.4 is 9.62 Å². The van der Waals surface area contributed by atoms with Gasteiger partial charge in [-0.05, 0) is 58.0 Å². The number of halogens is 1. The molecule has 0 atom stereocenters. The Bertz CT molecular complexity index is 1390. The van der Waals surface area contributed by atoms with E-state index in [9.17, 15) is 17.6 Å². The molecule has 0 saturated heterocycles. The van der Waals surface area contributed by atoms with E-state index in [4.69, 9.17) is 0 Å². The van der Waals surface area contributed by atoms with Gasteiger partial charge in [0.05, 0.1) is 22.7 Å². The van der Waals surface area contributed by atoms with Gasteiger partial charge in [0.1, 0.15) is 5.82 Å². The van der Waals surface area contributed by atoms with Crippen molar-refractivity contribution in [2.75, 3.05) is 23.7 Å². The summed E-state index contributed by atoms with van der Waals surface area (Å²) in [7, 11) is -0.516. The number of carbonyl (C=O) groups is 1.